The summed E-state index contributed by atoms with van der Waals surface area (Å²) in [6.45, 7) is 2.88. The minimum atomic E-state index is -0.745. The zero-order valence-corrected chi connectivity index (χ0v) is 16.5. The number of furan rings is 1. The first-order chi connectivity index (χ1) is 13.0. The molecule has 2 amide bonds. The van der Waals surface area contributed by atoms with Crippen LogP contribution in [0.4, 0.5) is 0 Å². The van der Waals surface area contributed by atoms with Crippen molar-refractivity contribution in [3.63, 3.8) is 0 Å². The number of hydrogen-bond donors (Lipinski definition) is 1. The van der Waals surface area contributed by atoms with E-state index < -0.39 is 12.0 Å². The van der Waals surface area contributed by atoms with Crippen LogP contribution in [0.3, 0.4) is 0 Å². The number of esters is 1. The van der Waals surface area contributed by atoms with E-state index in [1.165, 1.54) is 29.8 Å². The van der Waals surface area contributed by atoms with Crippen molar-refractivity contribution < 1.29 is 23.5 Å². The second-order valence-electron chi connectivity index (χ2n) is 6.06. The van der Waals surface area contributed by atoms with Gasteiger partial charge in [-0.3, -0.25) is 9.59 Å². The Balaban J connectivity index is 1.55. The number of rotatable bonds is 6. The molecule has 0 unspecified atom stereocenters. The summed E-state index contributed by atoms with van der Waals surface area (Å²) in [5.74, 6) is -0.235. The lowest BCUT2D eigenvalue weighted by Gasteiger charge is -2.25. The average Bonchev–Trinajstić information content (AvgIpc) is 3.39. The molecule has 1 saturated heterocycles. The third-order valence-corrected chi connectivity index (χ3v) is 6.45. The second-order valence-corrected chi connectivity index (χ2v) is 8.15. The summed E-state index contributed by atoms with van der Waals surface area (Å²) in [7, 11) is 0. The number of carbonyl (C=O) groups excluding carboxylic acids is 3. The van der Waals surface area contributed by atoms with Crippen LogP contribution in [0.5, 0.6) is 0 Å². The second kappa shape index (κ2) is 8.62. The summed E-state index contributed by atoms with van der Waals surface area (Å²) < 4.78 is 10.5. The smallest absolute Gasteiger partial charge is 0.330 e. The fraction of sp³-hybridized carbons (Fsp3) is 0.389. The highest BCUT2D eigenvalue weighted by molar-refractivity contribution is 7.99. The molecule has 0 aromatic carbocycles. The van der Waals surface area contributed by atoms with Crippen LogP contribution >= 0.6 is 23.1 Å². The van der Waals surface area contributed by atoms with Gasteiger partial charge >= 0.3 is 5.97 Å². The number of nitrogens with one attached hydrogen (secondary N) is 1. The average molecular weight is 409 g/mol. The molecule has 0 aliphatic carbocycles. The molecule has 0 bridgehead atoms. The number of carbonyl (C=O) groups is 3. The third kappa shape index (κ3) is 4.54. The van der Waals surface area contributed by atoms with E-state index in [2.05, 4.69) is 5.32 Å². The van der Waals surface area contributed by atoms with Crippen molar-refractivity contribution in [2.24, 2.45) is 0 Å². The summed E-state index contributed by atoms with van der Waals surface area (Å²) in [6.07, 6.45) is 1.53. The number of hydrogen-bond acceptors (Lipinski definition) is 7. The van der Waals surface area contributed by atoms with Crippen LogP contribution in [0.25, 0.3) is 0 Å². The quantitative estimate of drug-likeness (QED) is 0.740. The Kier molecular flexibility index (Phi) is 6.22. The van der Waals surface area contributed by atoms with E-state index in [-0.39, 0.29) is 29.8 Å². The highest BCUT2D eigenvalue weighted by atomic mass is 32.2. The Bertz CT molecular complexity index is 791. The molecule has 2 aromatic heterocycles. The normalized spacial score (nSPS) is 20.3. The van der Waals surface area contributed by atoms with Gasteiger partial charge in [-0.2, -0.15) is 0 Å². The zero-order chi connectivity index (χ0) is 19.4. The number of thiophene rings is 1. The van der Waals surface area contributed by atoms with Crippen molar-refractivity contribution in [3.8, 4) is 0 Å². The molecule has 3 heterocycles. The Morgan fingerprint density at radius 1 is 1.37 bits per heavy atom. The van der Waals surface area contributed by atoms with Crippen molar-refractivity contribution >= 4 is 40.9 Å². The van der Waals surface area contributed by atoms with E-state index in [9.17, 15) is 14.4 Å². The number of ether oxygens (including phenoxy) is 1. The Hall–Kier alpha value is -2.26. The summed E-state index contributed by atoms with van der Waals surface area (Å²) in [4.78, 5) is 39.0. The zero-order valence-electron chi connectivity index (χ0n) is 14.9. The standard InChI is InChI=1S/C18H20N2O5S2/c1-11(15-6-4-8-26-15)19-16(22)9-25-18(23)13-10-27-17(20(13)12(2)21)14-5-3-7-24-14/h3-8,11,13,17H,9-10H2,1-2H3,(H,19,22)/t11-,13+,17-/m1/s1. The monoisotopic (exact) mass is 408 g/mol. The van der Waals surface area contributed by atoms with Crippen molar-refractivity contribution in [1.82, 2.24) is 10.2 Å². The van der Waals surface area contributed by atoms with Crippen molar-refractivity contribution in [1.29, 1.82) is 0 Å². The van der Waals surface area contributed by atoms with Gasteiger partial charge in [-0.25, -0.2) is 4.79 Å². The molecule has 2 aromatic rings. The lowest BCUT2D eigenvalue weighted by Crippen LogP contribution is -2.43. The highest BCUT2D eigenvalue weighted by Gasteiger charge is 2.43. The SMILES string of the molecule is CC(=O)N1[C@@H](c2ccco2)SC[C@H]1C(=O)OCC(=O)N[C@H](C)c1cccs1. The highest BCUT2D eigenvalue weighted by Crippen LogP contribution is 2.41. The molecule has 1 aliphatic rings. The van der Waals surface area contributed by atoms with Crippen molar-refractivity contribution in [2.45, 2.75) is 31.3 Å². The van der Waals surface area contributed by atoms with E-state index >= 15 is 0 Å². The summed E-state index contributed by atoms with van der Waals surface area (Å²) in [5.41, 5.74) is 0. The van der Waals surface area contributed by atoms with Gasteiger partial charge in [0.25, 0.3) is 5.91 Å². The first-order valence-corrected chi connectivity index (χ1v) is 10.3. The minimum Gasteiger partial charge on any atom is -0.466 e. The molecule has 1 aliphatic heterocycles. The Morgan fingerprint density at radius 3 is 2.81 bits per heavy atom. The van der Waals surface area contributed by atoms with Crippen LogP contribution in [-0.2, 0) is 19.1 Å². The van der Waals surface area contributed by atoms with Crippen LogP contribution in [0, 0.1) is 0 Å². The molecule has 0 saturated carbocycles. The molecule has 1 N–H and O–H groups in total. The molecular weight excluding hydrogens is 388 g/mol. The lowest BCUT2D eigenvalue weighted by atomic mass is 10.2. The third-order valence-electron chi connectivity index (χ3n) is 4.12. The van der Waals surface area contributed by atoms with Gasteiger partial charge in [0.15, 0.2) is 6.61 Å². The molecule has 144 valence electrons. The predicted octanol–water partition coefficient (Wildman–Crippen LogP) is 2.72. The molecule has 3 atom stereocenters. The van der Waals surface area contributed by atoms with E-state index in [0.29, 0.717) is 11.5 Å². The fourth-order valence-corrected chi connectivity index (χ4v) is 5.00. The number of nitrogens with zero attached hydrogens (tertiary/aromatic N) is 1. The Labute approximate surface area is 165 Å². The largest absolute Gasteiger partial charge is 0.466 e. The van der Waals surface area contributed by atoms with Gasteiger partial charge in [-0.05, 0) is 30.5 Å². The molecule has 3 rings (SSSR count). The number of amides is 2. The maximum absolute atomic E-state index is 12.5. The van der Waals surface area contributed by atoms with Gasteiger partial charge < -0.3 is 19.4 Å². The topological polar surface area (TPSA) is 88.8 Å². The first-order valence-electron chi connectivity index (χ1n) is 8.40. The van der Waals surface area contributed by atoms with E-state index in [0.717, 1.165) is 4.88 Å². The molecule has 0 spiro atoms. The van der Waals surface area contributed by atoms with Gasteiger partial charge in [0, 0.05) is 17.6 Å². The molecule has 27 heavy (non-hydrogen) atoms. The molecular formula is C18H20N2O5S2. The summed E-state index contributed by atoms with van der Waals surface area (Å²) >= 11 is 2.97. The molecule has 0 radical (unpaired) electrons. The Morgan fingerprint density at radius 2 is 2.19 bits per heavy atom. The van der Waals surface area contributed by atoms with E-state index in [1.807, 2.05) is 24.4 Å². The minimum absolute atomic E-state index is 0.157. The molecule has 7 nitrogen and oxygen atoms in total. The fourth-order valence-electron chi connectivity index (χ4n) is 2.85. The van der Waals surface area contributed by atoms with Crippen LogP contribution in [0.1, 0.15) is 35.9 Å². The van der Waals surface area contributed by atoms with Gasteiger partial charge in [0.2, 0.25) is 5.91 Å². The van der Waals surface area contributed by atoms with Gasteiger partial charge in [-0.15, -0.1) is 23.1 Å². The van der Waals surface area contributed by atoms with E-state index in [4.69, 9.17) is 9.15 Å². The lowest BCUT2D eigenvalue weighted by molar-refractivity contribution is -0.156. The van der Waals surface area contributed by atoms with Crippen LogP contribution in [0.2, 0.25) is 0 Å². The van der Waals surface area contributed by atoms with Gasteiger partial charge in [0.1, 0.15) is 17.2 Å². The summed E-state index contributed by atoms with van der Waals surface area (Å²) in [6, 6.07) is 6.43. The van der Waals surface area contributed by atoms with Gasteiger partial charge in [0.05, 0.1) is 12.3 Å². The van der Waals surface area contributed by atoms with Gasteiger partial charge in [-0.1, -0.05) is 6.07 Å². The van der Waals surface area contributed by atoms with Crippen molar-refractivity contribution in [3.05, 3.63) is 46.5 Å². The molecule has 9 heteroatoms. The van der Waals surface area contributed by atoms with Crippen LogP contribution < -0.4 is 5.32 Å². The summed E-state index contributed by atoms with van der Waals surface area (Å²) in [5, 5.41) is 4.35. The van der Waals surface area contributed by atoms with Crippen LogP contribution in [0.15, 0.2) is 40.3 Å². The molecule has 1 fully saturated rings. The van der Waals surface area contributed by atoms with E-state index in [1.54, 1.807) is 23.5 Å². The first kappa shape index (κ1) is 19.5. The van der Waals surface area contributed by atoms with Crippen LogP contribution in [-0.4, -0.2) is 41.1 Å². The maximum Gasteiger partial charge on any atom is 0.330 e. The van der Waals surface area contributed by atoms with Crippen molar-refractivity contribution in [2.75, 3.05) is 12.4 Å². The number of thioether (sulfide) groups is 1. The maximum atomic E-state index is 12.5. The predicted molar refractivity (Wildman–Crippen MR) is 102 cm³/mol.